The second-order valence-electron chi connectivity index (χ2n) is 10.6. The summed E-state index contributed by atoms with van der Waals surface area (Å²) in [5.74, 6) is -0.563. The number of piperidine rings is 1. The van der Waals surface area contributed by atoms with Crippen LogP contribution in [0.25, 0.3) is 0 Å². The summed E-state index contributed by atoms with van der Waals surface area (Å²) in [5, 5.41) is 0. The average Bonchev–Trinajstić information content (AvgIpc) is 2.93. The Morgan fingerprint density at radius 1 is 1.16 bits per heavy atom. The number of amides is 1. The Hall–Kier alpha value is -2.13. The number of ether oxygens (including phenoxy) is 2. The number of likely N-dealkylation sites (tertiary alicyclic amines) is 1. The number of aromatic nitrogens is 1. The summed E-state index contributed by atoms with van der Waals surface area (Å²) in [6, 6.07) is 3.57. The molecule has 1 unspecified atom stereocenters. The Morgan fingerprint density at radius 2 is 1.78 bits per heavy atom. The van der Waals surface area contributed by atoms with Gasteiger partial charge < -0.3 is 23.7 Å². The first-order valence-electron chi connectivity index (χ1n) is 11.2. The minimum absolute atomic E-state index is 0.0398. The first kappa shape index (κ1) is 24.5. The van der Waals surface area contributed by atoms with Gasteiger partial charge in [-0.15, -0.1) is 0 Å². The molecule has 176 valence electrons. The van der Waals surface area contributed by atoms with E-state index in [0.717, 1.165) is 12.8 Å². The fourth-order valence-corrected chi connectivity index (χ4v) is 3.82. The van der Waals surface area contributed by atoms with Gasteiger partial charge in [0.25, 0.3) is 0 Å². The Kier molecular flexibility index (Phi) is 6.64. The van der Waals surface area contributed by atoms with Crippen LogP contribution >= 0.6 is 0 Å². The van der Waals surface area contributed by atoms with E-state index in [2.05, 4.69) is 4.98 Å². The lowest BCUT2D eigenvalue weighted by molar-refractivity contribution is 0.00578. The van der Waals surface area contributed by atoms with Crippen molar-refractivity contribution in [1.82, 2.24) is 9.88 Å². The molecule has 2 aliphatic heterocycles. The van der Waals surface area contributed by atoms with E-state index in [4.69, 9.17) is 18.8 Å². The standard InChI is InChI=1S/C23H35BN2O6/c1-21(2,3)30-20(28)26-11-9-10-15(14-26)17-12-16(13-18(25-17)19(27)29-8)24-31-22(4,5)23(6,7)32-24/h12-13,15H,9-11,14H2,1-8H3. The van der Waals surface area contributed by atoms with Gasteiger partial charge >= 0.3 is 19.2 Å². The van der Waals surface area contributed by atoms with Gasteiger partial charge in [-0.2, -0.15) is 0 Å². The van der Waals surface area contributed by atoms with Crippen LogP contribution in [0.5, 0.6) is 0 Å². The van der Waals surface area contributed by atoms with Crippen molar-refractivity contribution >= 4 is 24.6 Å². The zero-order valence-corrected chi connectivity index (χ0v) is 20.5. The van der Waals surface area contributed by atoms with Crippen LogP contribution in [0, 0.1) is 0 Å². The summed E-state index contributed by atoms with van der Waals surface area (Å²) in [4.78, 5) is 31.2. The van der Waals surface area contributed by atoms with E-state index < -0.39 is 29.9 Å². The SMILES string of the molecule is COC(=O)c1cc(B2OC(C)(C)C(C)(C)O2)cc(C2CCCN(C(=O)OC(C)(C)C)C2)n1. The minimum atomic E-state index is -0.629. The van der Waals surface area contributed by atoms with E-state index in [1.54, 1.807) is 11.0 Å². The number of pyridine rings is 1. The summed E-state index contributed by atoms with van der Waals surface area (Å²) < 4.78 is 22.8. The van der Waals surface area contributed by atoms with E-state index in [1.807, 2.05) is 54.5 Å². The average molecular weight is 446 g/mol. The van der Waals surface area contributed by atoms with Crippen molar-refractivity contribution in [3.8, 4) is 0 Å². The smallest absolute Gasteiger partial charge is 0.464 e. The molecule has 2 aliphatic rings. The maximum absolute atomic E-state index is 12.6. The third-order valence-corrected chi connectivity index (χ3v) is 6.28. The quantitative estimate of drug-likeness (QED) is 0.520. The van der Waals surface area contributed by atoms with Crippen molar-refractivity contribution < 1.29 is 28.4 Å². The molecule has 2 saturated heterocycles. The molecular formula is C23H35BN2O6. The van der Waals surface area contributed by atoms with Gasteiger partial charge in [0, 0.05) is 24.7 Å². The maximum Gasteiger partial charge on any atom is 0.494 e. The molecule has 0 radical (unpaired) electrons. The molecule has 3 rings (SSSR count). The molecule has 1 atom stereocenters. The lowest BCUT2D eigenvalue weighted by Crippen LogP contribution is -2.43. The first-order valence-corrected chi connectivity index (χ1v) is 11.2. The number of hydrogen-bond donors (Lipinski definition) is 0. The fourth-order valence-electron chi connectivity index (χ4n) is 3.82. The summed E-state index contributed by atoms with van der Waals surface area (Å²) >= 11 is 0. The fraction of sp³-hybridized carbons (Fsp3) is 0.696. The van der Waals surface area contributed by atoms with Crippen molar-refractivity contribution in [2.24, 2.45) is 0 Å². The van der Waals surface area contributed by atoms with Gasteiger partial charge in [-0.3, -0.25) is 0 Å². The van der Waals surface area contributed by atoms with Crippen molar-refractivity contribution in [2.75, 3.05) is 20.2 Å². The molecule has 0 aromatic carbocycles. The van der Waals surface area contributed by atoms with Crippen LogP contribution in [0.15, 0.2) is 12.1 Å². The zero-order valence-electron chi connectivity index (χ0n) is 20.5. The van der Waals surface area contributed by atoms with Crippen molar-refractivity contribution in [3.63, 3.8) is 0 Å². The van der Waals surface area contributed by atoms with E-state index in [-0.39, 0.29) is 17.7 Å². The lowest BCUT2D eigenvalue weighted by Gasteiger charge is -2.34. The van der Waals surface area contributed by atoms with Gasteiger partial charge in [0.1, 0.15) is 11.3 Å². The summed E-state index contributed by atoms with van der Waals surface area (Å²) in [7, 11) is 0.700. The number of esters is 1. The Balaban J connectivity index is 1.90. The second kappa shape index (κ2) is 8.67. The van der Waals surface area contributed by atoms with Gasteiger partial charge in [0.15, 0.2) is 0 Å². The highest BCUT2D eigenvalue weighted by Crippen LogP contribution is 2.37. The second-order valence-corrected chi connectivity index (χ2v) is 10.6. The molecule has 1 aromatic rings. The molecule has 2 fully saturated rings. The maximum atomic E-state index is 12.6. The third kappa shape index (κ3) is 5.26. The van der Waals surface area contributed by atoms with Crippen LogP contribution in [-0.4, -0.2) is 66.1 Å². The lowest BCUT2D eigenvalue weighted by atomic mass is 9.77. The number of hydrogen-bond acceptors (Lipinski definition) is 7. The molecular weight excluding hydrogens is 411 g/mol. The predicted octanol–water partition coefficient (Wildman–Crippen LogP) is 3.28. The molecule has 0 saturated carbocycles. The van der Waals surface area contributed by atoms with Crippen LogP contribution < -0.4 is 5.46 Å². The van der Waals surface area contributed by atoms with Crippen molar-refractivity contribution in [3.05, 3.63) is 23.5 Å². The van der Waals surface area contributed by atoms with Crippen molar-refractivity contribution in [2.45, 2.75) is 84.0 Å². The number of rotatable bonds is 3. The van der Waals surface area contributed by atoms with Crippen LogP contribution in [0.4, 0.5) is 4.79 Å². The molecule has 0 N–H and O–H groups in total. The van der Waals surface area contributed by atoms with Gasteiger partial charge in [0.05, 0.1) is 18.3 Å². The Bertz CT molecular complexity index is 864. The van der Waals surface area contributed by atoms with Crippen LogP contribution in [0.3, 0.4) is 0 Å². The third-order valence-electron chi connectivity index (χ3n) is 6.28. The molecule has 3 heterocycles. The zero-order chi connectivity index (χ0) is 23.9. The molecule has 0 aliphatic carbocycles. The molecule has 0 spiro atoms. The van der Waals surface area contributed by atoms with E-state index >= 15 is 0 Å². The minimum Gasteiger partial charge on any atom is -0.464 e. The number of methoxy groups -OCH3 is 1. The summed E-state index contributed by atoms with van der Waals surface area (Å²) in [6.07, 6.45) is 1.33. The predicted molar refractivity (Wildman–Crippen MR) is 121 cm³/mol. The van der Waals surface area contributed by atoms with E-state index in [0.29, 0.717) is 24.2 Å². The van der Waals surface area contributed by atoms with Crippen LogP contribution in [-0.2, 0) is 18.8 Å². The number of nitrogens with zero attached hydrogens (tertiary/aromatic N) is 2. The van der Waals surface area contributed by atoms with E-state index in [9.17, 15) is 9.59 Å². The van der Waals surface area contributed by atoms with Gasteiger partial charge in [-0.05, 0) is 78.9 Å². The summed E-state index contributed by atoms with van der Waals surface area (Å²) in [6.45, 7) is 14.6. The molecule has 0 bridgehead atoms. The molecule has 9 heteroatoms. The molecule has 1 amide bonds. The van der Waals surface area contributed by atoms with Crippen LogP contribution in [0.1, 0.15) is 83.4 Å². The highest BCUT2D eigenvalue weighted by molar-refractivity contribution is 6.62. The Labute approximate surface area is 191 Å². The highest BCUT2D eigenvalue weighted by Gasteiger charge is 2.52. The molecule has 32 heavy (non-hydrogen) atoms. The van der Waals surface area contributed by atoms with Crippen LogP contribution in [0.2, 0.25) is 0 Å². The molecule has 1 aromatic heterocycles. The largest absolute Gasteiger partial charge is 0.494 e. The number of carbonyl (C=O) groups excluding carboxylic acids is 2. The highest BCUT2D eigenvalue weighted by atomic mass is 16.7. The van der Waals surface area contributed by atoms with E-state index in [1.165, 1.54) is 7.11 Å². The topological polar surface area (TPSA) is 87.2 Å². The first-order chi connectivity index (χ1) is 14.7. The van der Waals surface area contributed by atoms with Gasteiger partial charge in [0.2, 0.25) is 0 Å². The molecule has 8 nitrogen and oxygen atoms in total. The van der Waals surface area contributed by atoms with Crippen molar-refractivity contribution in [1.29, 1.82) is 0 Å². The van der Waals surface area contributed by atoms with Gasteiger partial charge in [-0.1, -0.05) is 0 Å². The summed E-state index contributed by atoms with van der Waals surface area (Å²) in [5.41, 5.74) is 0.0469. The monoisotopic (exact) mass is 446 g/mol. The van der Waals surface area contributed by atoms with Gasteiger partial charge in [-0.25, -0.2) is 14.6 Å². The Morgan fingerprint density at radius 3 is 2.34 bits per heavy atom. The number of carbonyl (C=O) groups is 2. The normalized spacial score (nSPS) is 22.6.